The second-order valence-corrected chi connectivity index (χ2v) is 6.59. The summed E-state index contributed by atoms with van der Waals surface area (Å²) < 4.78 is 0. The molecule has 0 aromatic heterocycles. The Kier molecular flexibility index (Phi) is 0.970. The predicted octanol–water partition coefficient (Wildman–Crippen LogP) is 2.79. The molecule has 0 bridgehead atoms. The van der Waals surface area contributed by atoms with E-state index < -0.39 is 0 Å². The summed E-state index contributed by atoms with van der Waals surface area (Å²) in [6.45, 7) is 4.47. The Morgan fingerprint density at radius 1 is 1.21 bits per heavy atom. The highest BCUT2D eigenvalue weighted by Crippen LogP contribution is 2.90. The smallest absolute Gasteiger partial charge is 0.143 e. The molecule has 0 amide bonds. The zero-order valence-corrected chi connectivity index (χ0v) is 9.10. The minimum absolute atomic E-state index is 0.0150. The molecule has 76 valence electrons. The van der Waals surface area contributed by atoms with Crippen LogP contribution in [0, 0.1) is 28.1 Å². The third-order valence-electron chi connectivity index (χ3n) is 6.57. The van der Waals surface area contributed by atoms with E-state index in [0.29, 0.717) is 22.5 Å². The zero-order valence-electron chi connectivity index (χ0n) is 9.10. The molecule has 14 heavy (non-hydrogen) atoms. The maximum atomic E-state index is 12.3. The molecule has 0 aromatic rings. The molecule has 4 unspecified atom stereocenters. The Labute approximate surface area is 85.3 Å². The normalized spacial score (nSPS) is 61.4. The fourth-order valence-corrected chi connectivity index (χ4v) is 6.10. The summed E-state index contributed by atoms with van der Waals surface area (Å²) in [4.78, 5) is 12.3. The molecular weight excluding hydrogens is 172 g/mol. The summed E-state index contributed by atoms with van der Waals surface area (Å²) in [5.74, 6) is 1.96. The van der Waals surface area contributed by atoms with Crippen LogP contribution in [0.15, 0.2) is 0 Å². The average molecular weight is 190 g/mol. The highest BCUT2D eigenvalue weighted by atomic mass is 16.1. The van der Waals surface area contributed by atoms with Gasteiger partial charge in [0.05, 0.1) is 0 Å². The first-order valence-corrected chi connectivity index (χ1v) is 6.12. The van der Waals surface area contributed by atoms with Crippen molar-refractivity contribution in [3.05, 3.63) is 0 Å². The number of fused-ring (bicyclic) bond motifs is 1. The van der Waals surface area contributed by atoms with Gasteiger partial charge in [-0.25, -0.2) is 0 Å². The molecule has 4 atom stereocenters. The van der Waals surface area contributed by atoms with Crippen molar-refractivity contribution in [2.45, 2.75) is 46.0 Å². The van der Waals surface area contributed by atoms with Crippen molar-refractivity contribution >= 4 is 5.78 Å². The van der Waals surface area contributed by atoms with Gasteiger partial charge in [-0.1, -0.05) is 20.3 Å². The van der Waals surface area contributed by atoms with Crippen molar-refractivity contribution in [1.82, 2.24) is 0 Å². The lowest BCUT2D eigenvalue weighted by Gasteiger charge is -2.40. The summed E-state index contributed by atoms with van der Waals surface area (Å²) >= 11 is 0. The van der Waals surface area contributed by atoms with Gasteiger partial charge in [-0.3, -0.25) is 4.79 Å². The van der Waals surface area contributed by atoms with Crippen LogP contribution in [-0.2, 0) is 4.79 Å². The summed E-state index contributed by atoms with van der Waals surface area (Å²) in [7, 11) is 0. The van der Waals surface area contributed by atoms with E-state index in [1.54, 1.807) is 0 Å². The third-order valence-corrected chi connectivity index (χ3v) is 6.57. The second-order valence-electron chi connectivity index (χ2n) is 6.59. The van der Waals surface area contributed by atoms with E-state index in [4.69, 9.17) is 0 Å². The molecule has 0 saturated heterocycles. The lowest BCUT2D eigenvalue weighted by Crippen LogP contribution is -2.39. The largest absolute Gasteiger partial charge is 0.299 e. The molecule has 1 heteroatoms. The molecule has 1 spiro atoms. The van der Waals surface area contributed by atoms with Gasteiger partial charge in [-0.2, -0.15) is 0 Å². The second kappa shape index (κ2) is 1.72. The Balaban J connectivity index is 2.01. The number of carbonyl (C=O) groups excluding carboxylic acids is 1. The molecule has 4 saturated carbocycles. The van der Waals surface area contributed by atoms with Crippen LogP contribution in [0.25, 0.3) is 0 Å². The Morgan fingerprint density at radius 2 is 2.00 bits per heavy atom. The number of rotatable bonds is 0. The topological polar surface area (TPSA) is 17.1 Å². The molecule has 4 aliphatic rings. The number of hydrogen-bond acceptors (Lipinski definition) is 1. The minimum atomic E-state index is 0.0150. The van der Waals surface area contributed by atoms with Gasteiger partial charge in [0.1, 0.15) is 5.78 Å². The first kappa shape index (κ1) is 7.90. The number of ketones is 1. The predicted molar refractivity (Wildman–Crippen MR) is 53.7 cm³/mol. The first-order chi connectivity index (χ1) is 6.58. The molecule has 0 aromatic carbocycles. The van der Waals surface area contributed by atoms with Crippen LogP contribution >= 0.6 is 0 Å². The van der Waals surface area contributed by atoms with Gasteiger partial charge in [0.25, 0.3) is 0 Å². The molecule has 0 N–H and O–H groups in total. The van der Waals surface area contributed by atoms with Crippen LogP contribution in [0.5, 0.6) is 0 Å². The summed E-state index contributed by atoms with van der Waals surface area (Å²) in [6, 6.07) is 0. The van der Waals surface area contributed by atoms with E-state index in [1.165, 1.54) is 32.1 Å². The van der Waals surface area contributed by atoms with E-state index in [9.17, 15) is 4.79 Å². The molecule has 0 heterocycles. The highest BCUT2D eigenvalue weighted by molar-refractivity contribution is 5.96. The minimum Gasteiger partial charge on any atom is -0.299 e. The van der Waals surface area contributed by atoms with Crippen molar-refractivity contribution in [3.63, 3.8) is 0 Å². The zero-order chi connectivity index (χ0) is 9.77. The Hall–Kier alpha value is -0.330. The lowest BCUT2D eigenvalue weighted by molar-refractivity contribution is -0.130. The summed E-state index contributed by atoms with van der Waals surface area (Å²) in [5, 5.41) is 0. The van der Waals surface area contributed by atoms with Gasteiger partial charge in [0.15, 0.2) is 0 Å². The third kappa shape index (κ3) is 0.429. The van der Waals surface area contributed by atoms with E-state index in [0.717, 1.165) is 5.92 Å². The van der Waals surface area contributed by atoms with Crippen LogP contribution in [0.3, 0.4) is 0 Å². The fourth-order valence-electron chi connectivity index (χ4n) is 6.10. The fraction of sp³-hybridized carbons (Fsp3) is 0.923. The van der Waals surface area contributed by atoms with Gasteiger partial charge in [0.2, 0.25) is 0 Å². The van der Waals surface area contributed by atoms with Crippen LogP contribution < -0.4 is 0 Å². The van der Waals surface area contributed by atoms with E-state index >= 15 is 0 Å². The highest BCUT2D eigenvalue weighted by Gasteiger charge is 2.89. The molecule has 0 aliphatic heterocycles. The molecule has 4 aliphatic carbocycles. The SMILES string of the molecule is CC1(C)C(=O)C2C3CCC14CCCC324. The monoisotopic (exact) mass is 190 g/mol. The first-order valence-electron chi connectivity index (χ1n) is 6.12. The summed E-state index contributed by atoms with van der Waals surface area (Å²) in [6.07, 6.45) is 6.83. The lowest BCUT2D eigenvalue weighted by atomic mass is 9.62. The van der Waals surface area contributed by atoms with E-state index in [2.05, 4.69) is 13.8 Å². The van der Waals surface area contributed by atoms with Crippen molar-refractivity contribution in [1.29, 1.82) is 0 Å². The maximum Gasteiger partial charge on any atom is 0.143 e. The van der Waals surface area contributed by atoms with Gasteiger partial charge in [0, 0.05) is 11.3 Å². The van der Waals surface area contributed by atoms with Gasteiger partial charge >= 0.3 is 0 Å². The Bertz CT molecular complexity index is 352. The standard InChI is InChI=1S/C13H18O/c1-11(2)10(14)9-8-4-7-12(11)5-3-6-13(8,9)12/h8-9H,3-7H2,1-2H3. The average Bonchev–Trinajstić information content (AvgIpc) is 2.46. The van der Waals surface area contributed by atoms with E-state index in [-0.39, 0.29) is 5.41 Å². The van der Waals surface area contributed by atoms with Crippen molar-refractivity contribution < 1.29 is 4.79 Å². The molecule has 4 rings (SSSR count). The number of hydrogen-bond donors (Lipinski definition) is 0. The molecule has 4 fully saturated rings. The van der Waals surface area contributed by atoms with Gasteiger partial charge < -0.3 is 0 Å². The number of carbonyl (C=O) groups is 1. The Morgan fingerprint density at radius 3 is 2.71 bits per heavy atom. The van der Waals surface area contributed by atoms with Crippen molar-refractivity contribution in [3.8, 4) is 0 Å². The van der Waals surface area contributed by atoms with Crippen molar-refractivity contribution in [2.75, 3.05) is 0 Å². The van der Waals surface area contributed by atoms with E-state index in [1.807, 2.05) is 0 Å². The number of Topliss-reactive ketones (excluding diaryl/α,β-unsaturated/α-hetero) is 1. The molecule has 0 radical (unpaired) electrons. The molecular formula is C13H18O. The summed E-state index contributed by atoms with van der Waals surface area (Å²) in [5.41, 5.74) is 1.00. The van der Waals surface area contributed by atoms with Crippen molar-refractivity contribution in [2.24, 2.45) is 28.1 Å². The van der Waals surface area contributed by atoms with Crippen LogP contribution in [0.4, 0.5) is 0 Å². The quantitative estimate of drug-likeness (QED) is 0.574. The van der Waals surface area contributed by atoms with Gasteiger partial charge in [-0.05, 0) is 42.4 Å². The van der Waals surface area contributed by atoms with Crippen LogP contribution in [0.2, 0.25) is 0 Å². The van der Waals surface area contributed by atoms with Gasteiger partial charge in [-0.15, -0.1) is 0 Å². The maximum absolute atomic E-state index is 12.3. The van der Waals surface area contributed by atoms with Crippen LogP contribution in [0.1, 0.15) is 46.0 Å². The molecule has 1 nitrogen and oxygen atoms in total. The van der Waals surface area contributed by atoms with Crippen LogP contribution in [-0.4, -0.2) is 5.78 Å².